The molecule has 0 amide bonds. The Morgan fingerprint density at radius 2 is 1.18 bits per heavy atom. The zero-order valence-corrected chi connectivity index (χ0v) is 17.7. The SMILES string of the molecule is CCCCCC1N(CCCc2ccccc2)CCN1CCCc1ccccc1. The molecule has 0 atom stereocenters. The minimum absolute atomic E-state index is 0.665. The lowest BCUT2D eigenvalue weighted by atomic mass is 10.1. The third kappa shape index (κ3) is 6.76. The van der Waals surface area contributed by atoms with E-state index in [0.717, 1.165) is 0 Å². The van der Waals surface area contributed by atoms with E-state index in [4.69, 9.17) is 0 Å². The van der Waals surface area contributed by atoms with Gasteiger partial charge in [0, 0.05) is 26.2 Å². The molecule has 2 heteroatoms. The predicted octanol–water partition coefficient (Wildman–Crippen LogP) is 5.78. The Balaban J connectivity index is 1.46. The lowest BCUT2D eigenvalue weighted by Crippen LogP contribution is -2.40. The first-order valence-corrected chi connectivity index (χ1v) is 11.4. The molecule has 0 spiro atoms. The van der Waals surface area contributed by atoms with E-state index in [9.17, 15) is 0 Å². The molecule has 2 nitrogen and oxygen atoms in total. The number of aryl methyl sites for hydroxylation is 2. The summed E-state index contributed by atoms with van der Waals surface area (Å²) in [5.41, 5.74) is 2.95. The van der Waals surface area contributed by atoms with Crippen LogP contribution in [0.15, 0.2) is 60.7 Å². The summed E-state index contributed by atoms with van der Waals surface area (Å²) in [6.45, 7) is 7.28. The normalized spacial score (nSPS) is 16.0. The van der Waals surface area contributed by atoms with E-state index in [1.165, 1.54) is 88.7 Å². The molecule has 2 aromatic carbocycles. The maximum atomic E-state index is 2.76. The van der Waals surface area contributed by atoms with Gasteiger partial charge < -0.3 is 0 Å². The van der Waals surface area contributed by atoms with Crippen molar-refractivity contribution < 1.29 is 0 Å². The number of benzene rings is 2. The fraction of sp³-hybridized carbons (Fsp3) is 0.538. The van der Waals surface area contributed by atoms with E-state index in [-0.39, 0.29) is 0 Å². The minimum atomic E-state index is 0.665. The van der Waals surface area contributed by atoms with Gasteiger partial charge in [0.15, 0.2) is 0 Å². The summed E-state index contributed by atoms with van der Waals surface area (Å²) in [5, 5.41) is 0. The first-order chi connectivity index (χ1) is 13.9. The van der Waals surface area contributed by atoms with E-state index >= 15 is 0 Å². The summed E-state index contributed by atoms with van der Waals surface area (Å²) < 4.78 is 0. The number of nitrogens with zero attached hydrogens (tertiary/aromatic N) is 2. The van der Waals surface area contributed by atoms with Crippen LogP contribution < -0.4 is 0 Å². The van der Waals surface area contributed by atoms with Gasteiger partial charge in [-0.2, -0.15) is 0 Å². The van der Waals surface area contributed by atoms with Gasteiger partial charge >= 0.3 is 0 Å². The Kier molecular flexibility index (Phi) is 9.06. The molecule has 0 aromatic heterocycles. The summed E-state index contributed by atoms with van der Waals surface area (Å²) in [6, 6.07) is 21.9. The van der Waals surface area contributed by atoms with Crippen LogP contribution in [0.2, 0.25) is 0 Å². The van der Waals surface area contributed by atoms with Crippen molar-refractivity contribution in [1.29, 1.82) is 0 Å². The highest BCUT2D eigenvalue weighted by Crippen LogP contribution is 2.22. The van der Waals surface area contributed by atoms with Crippen molar-refractivity contribution in [1.82, 2.24) is 9.80 Å². The zero-order valence-electron chi connectivity index (χ0n) is 17.7. The van der Waals surface area contributed by atoms with E-state index in [2.05, 4.69) is 77.4 Å². The predicted molar refractivity (Wildman–Crippen MR) is 121 cm³/mol. The van der Waals surface area contributed by atoms with Crippen LogP contribution in [0, 0.1) is 0 Å². The Hall–Kier alpha value is -1.64. The molecule has 1 heterocycles. The standard InChI is InChI=1S/C26H38N2/c1-2-3-6-19-26-27(20-11-17-24-13-7-4-8-14-24)22-23-28(26)21-12-18-25-15-9-5-10-16-25/h4-5,7-10,13-16,26H,2-3,6,11-12,17-23H2,1H3. The quantitative estimate of drug-likeness (QED) is 0.432. The molecular formula is C26H38N2. The third-order valence-corrected chi connectivity index (χ3v) is 6.09. The van der Waals surface area contributed by atoms with Gasteiger partial charge in [0.2, 0.25) is 0 Å². The van der Waals surface area contributed by atoms with Gasteiger partial charge in [-0.15, -0.1) is 0 Å². The molecule has 152 valence electrons. The van der Waals surface area contributed by atoms with E-state index in [0.29, 0.717) is 6.17 Å². The van der Waals surface area contributed by atoms with Crippen molar-refractivity contribution in [3.8, 4) is 0 Å². The summed E-state index contributed by atoms with van der Waals surface area (Å²) in [5.74, 6) is 0. The van der Waals surface area contributed by atoms with Crippen LogP contribution >= 0.6 is 0 Å². The largest absolute Gasteiger partial charge is 0.287 e. The van der Waals surface area contributed by atoms with Crippen molar-refractivity contribution in [3.63, 3.8) is 0 Å². The number of rotatable bonds is 12. The molecule has 1 aliphatic heterocycles. The van der Waals surface area contributed by atoms with Gasteiger partial charge in [0.05, 0.1) is 6.17 Å². The van der Waals surface area contributed by atoms with Gasteiger partial charge in [-0.25, -0.2) is 0 Å². The van der Waals surface area contributed by atoms with Crippen molar-refractivity contribution >= 4 is 0 Å². The second-order valence-corrected chi connectivity index (χ2v) is 8.23. The first kappa shape index (κ1) is 21.1. The van der Waals surface area contributed by atoms with Gasteiger partial charge in [-0.3, -0.25) is 9.80 Å². The van der Waals surface area contributed by atoms with E-state index < -0.39 is 0 Å². The summed E-state index contributed by atoms with van der Waals surface area (Å²) >= 11 is 0. The molecule has 1 saturated heterocycles. The van der Waals surface area contributed by atoms with Gasteiger partial charge in [-0.1, -0.05) is 86.8 Å². The Morgan fingerprint density at radius 3 is 1.64 bits per heavy atom. The van der Waals surface area contributed by atoms with Crippen molar-refractivity contribution in [3.05, 3.63) is 71.8 Å². The van der Waals surface area contributed by atoms with E-state index in [1.807, 2.05) is 0 Å². The van der Waals surface area contributed by atoms with Crippen LogP contribution in [0.4, 0.5) is 0 Å². The molecule has 0 aliphatic carbocycles. The van der Waals surface area contributed by atoms with Crippen LogP contribution in [0.1, 0.15) is 56.6 Å². The maximum Gasteiger partial charge on any atom is 0.0623 e. The fourth-order valence-corrected chi connectivity index (χ4v) is 4.51. The van der Waals surface area contributed by atoms with Crippen molar-refractivity contribution in [2.45, 2.75) is 64.5 Å². The van der Waals surface area contributed by atoms with Crippen LogP contribution in [0.5, 0.6) is 0 Å². The second kappa shape index (κ2) is 12.0. The molecule has 0 radical (unpaired) electrons. The van der Waals surface area contributed by atoms with Crippen molar-refractivity contribution in [2.24, 2.45) is 0 Å². The monoisotopic (exact) mass is 378 g/mol. The molecular weight excluding hydrogens is 340 g/mol. The highest BCUT2D eigenvalue weighted by molar-refractivity contribution is 5.15. The molecule has 0 bridgehead atoms. The van der Waals surface area contributed by atoms with Gasteiger partial charge in [-0.05, 0) is 43.2 Å². The zero-order chi connectivity index (χ0) is 19.4. The smallest absolute Gasteiger partial charge is 0.0623 e. The highest BCUT2D eigenvalue weighted by Gasteiger charge is 2.30. The third-order valence-electron chi connectivity index (χ3n) is 6.09. The fourth-order valence-electron chi connectivity index (χ4n) is 4.51. The Morgan fingerprint density at radius 1 is 0.679 bits per heavy atom. The molecule has 2 aromatic rings. The lowest BCUT2D eigenvalue weighted by molar-refractivity contribution is 0.122. The van der Waals surface area contributed by atoms with Gasteiger partial charge in [0.25, 0.3) is 0 Å². The number of hydrogen-bond acceptors (Lipinski definition) is 2. The average molecular weight is 379 g/mol. The van der Waals surface area contributed by atoms with Crippen LogP contribution in [0.25, 0.3) is 0 Å². The van der Waals surface area contributed by atoms with Gasteiger partial charge in [0.1, 0.15) is 0 Å². The number of hydrogen-bond donors (Lipinski definition) is 0. The molecule has 28 heavy (non-hydrogen) atoms. The van der Waals surface area contributed by atoms with Crippen LogP contribution in [-0.2, 0) is 12.8 Å². The maximum absolute atomic E-state index is 2.76. The molecule has 1 fully saturated rings. The summed E-state index contributed by atoms with van der Waals surface area (Å²) in [4.78, 5) is 5.53. The Labute approximate surface area is 172 Å². The molecule has 1 aliphatic rings. The topological polar surface area (TPSA) is 6.48 Å². The number of unbranched alkanes of at least 4 members (excludes halogenated alkanes) is 2. The average Bonchev–Trinajstić information content (AvgIpc) is 3.12. The first-order valence-electron chi connectivity index (χ1n) is 11.4. The van der Waals surface area contributed by atoms with Crippen LogP contribution in [0.3, 0.4) is 0 Å². The Bertz CT molecular complexity index is 586. The lowest BCUT2D eigenvalue weighted by Gasteiger charge is -2.30. The molecule has 0 unspecified atom stereocenters. The molecule has 3 rings (SSSR count). The molecule has 0 N–H and O–H groups in total. The highest BCUT2D eigenvalue weighted by atomic mass is 15.4. The minimum Gasteiger partial charge on any atom is -0.287 e. The van der Waals surface area contributed by atoms with Crippen LogP contribution in [-0.4, -0.2) is 42.1 Å². The molecule has 0 saturated carbocycles. The second-order valence-electron chi connectivity index (χ2n) is 8.23. The van der Waals surface area contributed by atoms with Crippen molar-refractivity contribution in [2.75, 3.05) is 26.2 Å². The summed E-state index contributed by atoms with van der Waals surface area (Å²) in [6.07, 6.45) is 11.0. The van der Waals surface area contributed by atoms with E-state index in [1.54, 1.807) is 0 Å². The summed E-state index contributed by atoms with van der Waals surface area (Å²) in [7, 11) is 0.